The van der Waals surface area contributed by atoms with Crippen molar-refractivity contribution in [1.29, 1.82) is 0 Å². The lowest BCUT2D eigenvalue weighted by Gasteiger charge is -2.16. The smallest absolute Gasteiger partial charge is 0.270 e. The molecular weight excluding hydrogens is 256 g/mol. The summed E-state index contributed by atoms with van der Waals surface area (Å²) in [6.45, 7) is 5.07. The molecular formula is C14H20N4O2. The molecule has 6 heteroatoms. The van der Waals surface area contributed by atoms with Gasteiger partial charge in [-0.05, 0) is 19.4 Å². The third-order valence-corrected chi connectivity index (χ3v) is 3.02. The van der Waals surface area contributed by atoms with E-state index in [4.69, 9.17) is 10.3 Å². The molecule has 2 aromatic rings. The van der Waals surface area contributed by atoms with Gasteiger partial charge in [-0.25, -0.2) is 0 Å². The first-order valence-electron chi connectivity index (χ1n) is 6.64. The standard InChI is InChI=1S/C14H20N4O2/c1-4-5-18-8-11(15)7-13(18)14(19)17(3)9-12-6-10(2)20-16-12/h6-8H,4-5,9,15H2,1-3H3. The number of rotatable bonds is 5. The molecule has 20 heavy (non-hydrogen) atoms. The summed E-state index contributed by atoms with van der Waals surface area (Å²) in [5.41, 5.74) is 7.73. The quantitative estimate of drug-likeness (QED) is 0.906. The van der Waals surface area contributed by atoms with Crippen LogP contribution in [0.2, 0.25) is 0 Å². The third-order valence-electron chi connectivity index (χ3n) is 3.02. The number of hydrogen-bond donors (Lipinski definition) is 1. The van der Waals surface area contributed by atoms with Crippen molar-refractivity contribution in [2.24, 2.45) is 0 Å². The summed E-state index contributed by atoms with van der Waals surface area (Å²) in [6.07, 6.45) is 2.74. The number of nitrogen functional groups attached to an aromatic ring is 1. The molecule has 2 heterocycles. The Balaban J connectivity index is 2.13. The molecule has 0 bridgehead atoms. The van der Waals surface area contributed by atoms with E-state index >= 15 is 0 Å². The van der Waals surface area contributed by atoms with E-state index in [-0.39, 0.29) is 5.91 Å². The van der Waals surface area contributed by atoms with E-state index in [9.17, 15) is 4.79 Å². The van der Waals surface area contributed by atoms with Gasteiger partial charge in [-0.15, -0.1) is 0 Å². The Hall–Kier alpha value is -2.24. The number of amides is 1. The number of aromatic nitrogens is 2. The second kappa shape index (κ2) is 5.81. The lowest BCUT2D eigenvalue weighted by Crippen LogP contribution is -2.28. The zero-order valence-electron chi connectivity index (χ0n) is 12.1. The minimum absolute atomic E-state index is 0.0733. The summed E-state index contributed by atoms with van der Waals surface area (Å²) in [6, 6.07) is 3.53. The fourth-order valence-electron chi connectivity index (χ4n) is 2.14. The van der Waals surface area contributed by atoms with Gasteiger partial charge in [-0.3, -0.25) is 4.79 Å². The highest BCUT2D eigenvalue weighted by atomic mass is 16.5. The van der Waals surface area contributed by atoms with E-state index in [0.717, 1.165) is 24.4 Å². The minimum Gasteiger partial charge on any atom is -0.397 e. The molecule has 6 nitrogen and oxygen atoms in total. The van der Waals surface area contributed by atoms with Crippen LogP contribution in [0.3, 0.4) is 0 Å². The summed E-state index contributed by atoms with van der Waals surface area (Å²) >= 11 is 0. The molecule has 0 aliphatic heterocycles. The first-order chi connectivity index (χ1) is 9.51. The molecule has 0 saturated carbocycles. The predicted octanol–water partition coefficient (Wildman–Crippen LogP) is 2.05. The van der Waals surface area contributed by atoms with Crippen LogP contribution in [0.5, 0.6) is 0 Å². The first kappa shape index (κ1) is 14.2. The largest absolute Gasteiger partial charge is 0.397 e. The number of anilines is 1. The van der Waals surface area contributed by atoms with Gasteiger partial charge >= 0.3 is 0 Å². The molecule has 0 atom stereocenters. The van der Waals surface area contributed by atoms with E-state index in [1.165, 1.54) is 0 Å². The maximum Gasteiger partial charge on any atom is 0.270 e. The molecule has 0 spiro atoms. The Labute approximate surface area is 118 Å². The van der Waals surface area contributed by atoms with Gasteiger partial charge in [0.25, 0.3) is 5.91 Å². The topological polar surface area (TPSA) is 77.3 Å². The average Bonchev–Trinajstić information content (AvgIpc) is 2.95. The molecule has 0 aliphatic rings. The molecule has 0 aromatic carbocycles. The number of carbonyl (C=O) groups is 1. The van der Waals surface area contributed by atoms with Crippen LogP contribution in [0.4, 0.5) is 5.69 Å². The van der Waals surface area contributed by atoms with Gasteiger partial charge in [0.05, 0.1) is 12.2 Å². The zero-order valence-corrected chi connectivity index (χ0v) is 12.1. The molecule has 2 N–H and O–H groups in total. The maximum atomic E-state index is 12.5. The van der Waals surface area contributed by atoms with Crippen molar-refractivity contribution in [2.45, 2.75) is 33.4 Å². The van der Waals surface area contributed by atoms with Crippen LogP contribution >= 0.6 is 0 Å². The molecule has 2 aromatic heterocycles. The average molecular weight is 276 g/mol. The van der Waals surface area contributed by atoms with Crippen molar-refractivity contribution in [3.05, 3.63) is 35.5 Å². The first-order valence-corrected chi connectivity index (χ1v) is 6.64. The van der Waals surface area contributed by atoms with Gasteiger partial charge < -0.3 is 19.7 Å². The molecule has 108 valence electrons. The van der Waals surface area contributed by atoms with Gasteiger partial charge in [0, 0.05) is 25.9 Å². The zero-order chi connectivity index (χ0) is 14.7. The highest BCUT2D eigenvalue weighted by Crippen LogP contribution is 2.15. The van der Waals surface area contributed by atoms with Gasteiger partial charge in [0.1, 0.15) is 17.1 Å². The Bertz CT molecular complexity index is 600. The second-order valence-corrected chi connectivity index (χ2v) is 4.94. The van der Waals surface area contributed by atoms with E-state index < -0.39 is 0 Å². The second-order valence-electron chi connectivity index (χ2n) is 4.94. The Morgan fingerprint density at radius 2 is 2.25 bits per heavy atom. The minimum atomic E-state index is -0.0733. The number of nitrogens with zero attached hydrogens (tertiary/aromatic N) is 3. The fraction of sp³-hybridized carbons (Fsp3) is 0.429. The van der Waals surface area contributed by atoms with Crippen LogP contribution in [0, 0.1) is 6.92 Å². The van der Waals surface area contributed by atoms with Crippen LogP contribution in [-0.4, -0.2) is 27.6 Å². The lowest BCUT2D eigenvalue weighted by atomic mass is 10.3. The maximum absolute atomic E-state index is 12.5. The van der Waals surface area contributed by atoms with Crippen molar-refractivity contribution in [3.8, 4) is 0 Å². The van der Waals surface area contributed by atoms with Crippen molar-refractivity contribution in [1.82, 2.24) is 14.6 Å². The van der Waals surface area contributed by atoms with Gasteiger partial charge in [0.15, 0.2) is 0 Å². The van der Waals surface area contributed by atoms with E-state index in [0.29, 0.717) is 17.9 Å². The van der Waals surface area contributed by atoms with Crippen molar-refractivity contribution >= 4 is 11.6 Å². The Morgan fingerprint density at radius 3 is 2.85 bits per heavy atom. The van der Waals surface area contributed by atoms with Gasteiger partial charge in [-0.1, -0.05) is 12.1 Å². The highest BCUT2D eigenvalue weighted by Gasteiger charge is 2.18. The van der Waals surface area contributed by atoms with Gasteiger partial charge in [-0.2, -0.15) is 0 Å². The van der Waals surface area contributed by atoms with Crippen LogP contribution in [0.25, 0.3) is 0 Å². The normalized spacial score (nSPS) is 10.8. The summed E-state index contributed by atoms with van der Waals surface area (Å²) in [4.78, 5) is 14.1. The number of nitrogens with two attached hydrogens (primary N) is 1. The fourth-order valence-corrected chi connectivity index (χ4v) is 2.14. The molecule has 0 radical (unpaired) electrons. The Kier molecular flexibility index (Phi) is 4.12. The van der Waals surface area contributed by atoms with Crippen LogP contribution in [-0.2, 0) is 13.1 Å². The third kappa shape index (κ3) is 3.01. The molecule has 0 saturated heterocycles. The molecule has 0 unspecified atom stereocenters. The molecule has 0 aliphatic carbocycles. The van der Waals surface area contributed by atoms with Crippen molar-refractivity contribution in [3.63, 3.8) is 0 Å². The monoisotopic (exact) mass is 276 g/mol. The number of carbonyl (C=O) groups excluding carboxylic acids is 1. The van der Waals surface area contributed by atoms with Crippen LogP contribution in [0.15, 0.2) is 22.9 Å². The SMILES string of the molecule is CCCn1cc(N)cc1C(=O)N(C)Cc1cc(C)on1. The van der Waals surface area contributed by atoms with Crippen molar-refractivity contribution < 1.29 is 9.32 Å². The van der Waals surface area contributed by atoms with E-state index in [1.807, 2.05) is 17.6 Å². The molecule has 2 rings (SSSR count). The predicted molar refractivity (Wildman–Crippen MR) is 76.2 cm³/mol. The van der Waals surface area contributed by atoms with Crippen LogP contribution in [0.1, 0.15) is 35.3 Å². The van der Waals surface area contributed by atoms with E-state index in [2.05, 4.69) is 12.1 Å². The summed E-state index contributed by atoms with van der Waals surface area (Å²) in [5, 5.41) is 3.90. The molecule has 1 amide bonds. The van der Waals surface area contributed by atoms with Crippen molar-refractivity contribution in [2.75, 3.05) is 12.8 Å². The molecule has 0 fully saturated rings. The lowest BCUT2D eigenvalue weighted by molar-refractivity contribution is 0.0771. The summed E-state index contributed by atoms with van der Waals surface area (Å²) in [7, 11) is 1.74. The van der Waals surface area contributed by atoms with Crippen LogP contribution < -0.4 is 5.73 Å². The summed E-state index contributed by atoms with van der Waals surface area (Å²) < 4.78 is 6.90. The number of hydrogen-bond acceptors (Lipinski definition) is 4. The summed E-state index contributed by atoms with van der Waals surface area (Å²) in [5.74, 6) is 0.662. The van der Waals surface area contributed by atoms with E-state index in [1.54, 1.807) is 24.2 Å². The number of aryl methyl sites for hydroxylation is 2. The van der Waals surface area contributed by atoms with Gasteiger partial charge in [0.2, 0.25) is 0 Å². The highest BCUT2D eigenvalue weighted by molar-refractivity contribution is 5.93. The Morgan fingerprint density at radius 1 is 1.50 bits per heavy atom.